The highest BCUT2D eigenvalue weighted by Gasteiger charge is 2.49. The first-order chi connectivity index (χ1) is 18.7. The van der Waals surface area contributed by atoms with Gasteiger partial charge in [-0.25, -0.2) is 0 Å². The summed E-state index contributed by atoms with van der Waals surface area (Å²) in [6.07, 6.45) is 7.45. The van der Waals surface area contributed by atoms with Gasteiger partial charge in [0, 0.05) is 5.92 Å². The molecule has 0 spiro atoms. The topological polar surface area (TPSA) is 38.7 Å². The number of benzene rings is 2. The van der Waals surface area contributed by atoms with Crippen molar-refractivity contribution in [3.05, 3.63) is 69.8 Å². The third kappa shape index (κ3) is 9.12. The molecule has 0 unspecified atom stereocenters. The Morgan fingerprint density at radius 1 is 0.610 bits per heavy atom. The van der Waals surface area contributed by atoms with Crippen molar-refractivity contribution < 1.29 is 13.9 Å². The first-order valence-electron chi connectivity index (χ1n) is 15.9. The summed E-state index contributed by atoms with van der Waals surface area (Å²) in [6.45, 7) is 28.4. The number of hydrogen-bond acceptors (Lipinski definition) is 3. The monoisotopic (exact) mass is 583 g/mol. The Morgan fingerprint density at radius 2 is 1.02 bits per heavy atom. The maximum absolute atomic E-state index is 10.1. The van der Waals surface area contributed by atoms with E-state index in [0.29, 0.717) is 12.1 Å². The standard InChI is InChI=1S/C37H60O3P/c1-34(2,3)27-19-21-30(32(24-27)36(7,8)9)29(18-16-14-13-15-17-23-41(38)39-26-40-41)31-22-20-28(35(4,5)6)25-33(31)37(10,11)12/h19-22,24-25,29,38H,13-18,23,26H2,1-12H3/q+1. The average Bonchev–Trinajstić information content (AvgIpc) is 2.82. The molecule has 3 nitrogen and oxygen atoms in total. The summed E-state index contributed by atoms with van der Waals surface area (Å²) >= 11 is 0. The van der Waals surface area contributed by atoms with Crippen molar-refractivity contribution in [2.24, 2.45) is 0 Å². The quantitative estimate of drug-likeness (QED) is 0.223. The number of rotatable bonds is 10. The van der Waals surface area contributed by atoms with Crippen molar-refractivity contribution in [3.8, 4) is 0 Å². The Labute approximate surface area is 253 Å². The Balaban J connectivity index is 1.98. The zero-order valence-electron chi connectivity index (χ0n) is 28.4. The molecule has 0 saturated carbocycles. The molecule has 0 aliphatic carbocycles. The van der Waals surface area contributed by atoms with Crippen LogP contribution in [0.25, 0.3) is 0 Å². The third-order valence-corrected chi connectivity index (χ3v) is 10.5. The lowest BCUT2D eigenvalue weighted by atomic mass is 9.70. The molecule has 1 aliphatic heterocycles. The molecule has 1 saturated heterocycles. The van der Waals surface area contributed by atoms with Crippen LogP contribution in [0.4, 0.5) is 0 Å². The van der Waals surface area contributed by atoms with E-state index < -0.39 is 7.94 Å². The minimum Gasteiger partial charge on any atom is -0.192 e. The molecule has 1 aliphatic rings. The van der Waals surface area contributed by atoms with E-state index in [-0.39, 0.29) is 28.5 Å². The Hall–Kier alpha value is -1.25. The summed E-state index contributed by atoms with van der Waals surface area (Å²) in [5, 5.41) is 0. The third-order valence-electron chi connectivity index (χ3n) is 8.65. The molecular formula is C37H60O3P+. The maximum Gasteiger partial charge on any atom is 0.413 e. The summed E-state index contributed by atoms with van der Waals surface area (Å²) < 4.78 is 10.5. The van der Waals surface area contributed by atoms with E-state index in [2.05, 4.69) is 119 Å². The van der Waals surface area contributed by atoms with Gasteiger partial charge in [0.05, 0.1) is 0 Å². The van der Waals surface area contributed by atoms with Gasteiger partial charge in [0.1, 0.15) is 6.16 Å². The molecule has 41 heavy (non-hydrogen) atoms. The van der Waals surface area contributed by atoms with Crippen LogP contribution in [0.2, 0.25) is 0 Å². The van der Waals surface area contributed by atoms with Crippen molar-refractivity contribution >= 4 is 7.94 Å². The summed E-state index contributed by atoms with van der Waals surface area (Å²) in [6, 6.07) is 14.7. The van der Waals surface area contributed by atoms with Crippen LogP contribution in [0.15, 0.2) is 36.4 Å². The summed E-state index contributed by atoms with van der Waals surface area (Å²) in [5.74, 6) is 0.352. The SMILES string of the molecule is CC(C)(C)c1ccc(C(CCCCCCC[P+]2(O)OCO2)c2ccc(C(C)(C)C)cc2C(C)(C)C)c(C(C)(C)C)c1. The molecule has 0 atom stereocenters. The van der Waals surface area contributed by atoms with E-state index in [1.807, 2.05) is 0 Å². The van der Waals surface area contributed by atoms with Gasteiger partial charge in [-0.1, -0.05) is 139 Å². The highest BCUT2D eigenvalue weighted by Crippen LogP contribution is 2.64. The molecule has 0 bridgehead atoms. The van der Waals surface area contributed by atoms with Crippen molar-refractivity contribution in [1.82, 2.24) is 0 Å². The second-order valence-electron chi connectivity index (χ2n) is 16.5. The first kappa shape index (κ1) is 34.2. The highest BCUT2D eigenvalue weighted by atomic mass is 31.2. The lowest BCUT2D eigenvalue weighted by molar-refractivity contribution is -0.0134. The Bertz CT molecular complexity index is 1080. The fourth-order valence-electron chi connectivity index (χ4n) is 5.92. The van der Waals surface area contributed by atoms with Gasteiger partial charge in [-0.2, -0.15) is 4.89 Å². The van der Waals surface area contributed by atoms with Crippen LogP contribution >= 0.6 is 7.94 Å². The maximum atomic E-state index is 10.1. The van der Waals surface area contributed by atoms with E-state index in [0.717, 1.165) is 19.3 Å². The molecule has 4 heteroatoms. The summed E-state index contributed by atoms with van der Waals surface area (Å²) in [7, 11) is -2.47. The minimum absolute atomic E-state index is 0.0527. The lowest BCUT2D eigenvalue weighted by Crippen LogP contribution is -2.23. The molecule has 2 aromatic carbocycles. The van der Waals surface area contributed by atoms with Crippen molar-refractivity contribution in [2.75, 3.05) is 13.0 Å². The molecular weight excluding hydrogens is 523 g/mol. The second kappa shape index (κ2) is 12.8. The molecule has 1 fully saturated rings. The van der Waals surface area contributed by atoms with Crippen LogP contribution in [0.1, 0.15) is 161 Å². The molecule has 3 rings (SSSR count). The van der Waals surface area contributed by atoms with Crippen LogP contribution in [-0.2, 0) is 30.7 Å². The van der Waals surface area contributed by atoms with E-state index in [9.17, 15) is 4.89 Å². The zero-order valence-corrected chi connectivity index (χ0v) is 29.3. The molecule has 1 heterocycles. The molecule has 230 valence electrons. The van der Waals surface area contributed by atoms with Crippen LogP contribution in [-0.4, -0.2) is 17.8 Å². The van der Waals surface area contributed by atoms with Crippen molar-refractivity contribution in [3.63, 3.8) is 0 Å². The van der Waals surface area contributed by atoms with Crippen LogP contribution < -0.4 is 0 Å². The van der Waals surface area contributed by atoms with Gasteiger partial charge in [-0.3, -0.25) is 0 Å². The number of unbranched alkanes of at least 4 members (excludes halogenated alkanes) is 4. The fourth-order valence-corrected chi connectivity index (χ4v) is 7.15. The fraction of sp³-hybridized carbons (Fsp3) is 0.676. The molecule has 0 radical (unpaired) electrons. The Morgan fingerprint density at radius 3 is 1.39 bits per heavy atom. The molecule has 1 N–H and O–H groups in total. The highest BCUT2D eigenvalue weighted by molar-refractivity contribution is 7.61. The average molecular weight is 584 g/mol. The number of hydrogen-bond donors (Lipinski definition) is 1. The van der Waals surface area contributed by atoms with Gasteiger partial charge in [0.25, 0.3) is 0 Å². The van der Waals surface area contributed by atoms with E-state index in [1.165, 1.54) is 52.6 Å². The normalized spacial score (nSPS) is 16.2. The second-order valence-corrected chi connectivity index (χ2v) is 18.7. The Kier molecular flexibility index (Phi) is 10.7. The molecule has 0 aromatic heterocycles. The van der Waals surface area contributed by atoms with Crippen LogP contribution in [0, 0.1) is 0 Å². The van der Waals surface area contributed by atoms with Gasteiger partial charge in [-0.15, -0.1) is 9.05 Å². The summed E-state index contributed by atoms with van der Waals surface area (Å²) in [5.41, 5.74) is 9.10. The van der Waals surface area contributed by atoms with Crippen molar-refractivity contribution in [2.45, 2.75) is 149 Å². The lowest BCUT2D eigenvalue weighted by Gasteiger charge is -2.34. The van der Waals surface area contributed by atoms with Gasteiger partial charge >= 0.3 is 7.94 Å². The predicted molar refractivity (Wildman–Crippen MR) is 178 cm³/mol. The van der Waals surface area contributed by atoms with Gasteiger partial charge in [0.15, 0.2) is 0 Å². The predicted octanol–water partition coefficient (Wildman–Crippen LogP) is 11.1. The summed E-state index contributed by atoms with van der Waals surface area (Å²) in [4.78, 5) is 10.1. The first-order valence-corrected chi connectivity index (χ1v) is 17.7. The van der Waals surface area contributed by atoms with Gasteiger partial charge in [0.2, 0.25) is 6.79 Å². The van der Waals surface area contributed by atoms with Gasteiger partial charge in [-0.05, 0) is 74.3 Å². The van der Waals surface area contributed by atoms with E-state index in [1.54, 1.807) is 0 Å². The van der Waals surface area contributed by atoms with Crippen molar-refractivity contribution in [1.29, 1.82) is 0 Å². The van der Waals surface area contributed by atoms with Crippen LogP contribution in [0.5, 0.6) is 0 Å². The van der Waals surface area contributed by atoms with Gasteiger partial charge < -0.3 is 0 Å². The van der Waals surface area contributed by atoms with E-state index in [4.69, 9.17) is 9.05 Å². The minimum atomic E-state index is -2.47. The molecule has 0 amide bonds. The zero-order chi connectivity index (χ0) is 30.9. The van der Waals surface area contributed by atoms with Crippen LogP contribution in [0.3, 0.4) is 0 Å². The molecule has 2 aromatic rings. The smallest absolute Gasteiger partial charge is 0.192 e. The van der Waals surface area contributed by atoms with E-state index >= 15 is 0 Å². The largest absolute Gasteiger partial charge is 0.413 e.